The highest BCUT2D eigenvalue weighted by Crippen LogP contribution is 2.34. The quantitative estimate of drug-likeness (QED) is 0.657. The Kier molecular flexibility index (Phi) is 3.39. The van der Waals surface area contributed by atoms with Crippen LogP contribution in [0.2, 0.25) is 0 Å². The zero-order chi connectivity index (χ0) is 13.3. The summed E-state index contributed by atoms with van der Waals surface area (Å²) in [5.41, 5.74) is 2.63. The summed E-state index contributed by atoms with van der Waals surface area (Å²) >= 11 is 5.34. The predicted molar refractivity (Wildman–Crippen MR) is 76.1 cm³/mol. The molecule has 0 aromatic heterocycles. The Balaban J connectivity index is 2.33. The van der Waals surface area contributed by atoms with E-state index in [1.165, 1.54) is 0 Å². The normalized spacial score (nSPS) is 16.7. The number of carbonyl (C=O) groups excluding carboxylic acids is 1. The molecule has 1 aliphatic rings. The molecule has 0 amide bonds. The number of hydrogen-bond acceptors (Lipinski definition) is 3. The molecule has 3 nitrogen and oxygen atoms in total. The first-order valence-electron chi connectivity index (χ1n) is 6.05. The maximum Gasteiger partial charge on any atom is 0.338 e. The van der Waals surface area contributed by atoms with Gasteiger partial charge in [-0.25, -0.2) is 4.79 Å². The van der Waals surface area contributed by atoms with Crippen molar-refractivity contribution in [2.24, 2.45) is 5.41 Å². The molecule has 1 aromatic carbocycles. The van der Waals surface area contributed by atoms with Crippen LogP contribution in [0.5, 0.6) is 0 Å². The summed E-state index contributed by atoms with van der Waals surface area (Å²) in [4.78, 5) is 12.5. The Hall–Kier alpha value is -1.42. The van der Waals surface area contributed by atoms with Crippen molar-refractivity contribution in [3.05, 3.63) is 29.3 Å². The molecule has 1 aromatic rings. The zero-order valence-corrected chi connectivity index (χ0v) is 11.7. The summed E-state index contributed by atoms with van der Waals surface area (Å²) < 4.78 is 5.01. The van der Waals surface area contributed by atoms with Gasteiger partial charge in [0.05, 0.1) is 17.2 Å². The predicted octanol–water partition coefficient (Wildman–Crippen LogP) is 3.18. The molecule has 0 bridgehead atoms. The monoisotopic (exact) mass is 263 g/mol. The molecule has 0 atom stereocenters. The van der Waals surface area contributed by atoms with E-state index in [9.17, 15) is 4.79 Å². The van der Waals surface area contributed by atoms with Crippen LogP contribution in [0.1, 0.15) is 36.7 Å². The van der Waals surface area contributed by atoms with Crippen LogP contribution in [0.4, 0.5) is 5.69 Å². The Morgan fingerprint density at radius 1 is 1.50 bits per heavy atom. The molecular weight excluding hydrogens is 246 g/mol. The molecule has 0 radical (unpaired) electrons. The molecule has 0 unspecified atom stereocenters. The van der Waals surface area contributed by atoms with E-state index in [1.807, 2.05) is 12.1 Å². The SMILES string of the molecule is CCOC(=O)c1ccc2c(c1)CC(C)(C)C(=S)N2. The fourth-order valence-electron chi connectivity index (χ4n) is 2.05. The van der Waals surface area contributed by atoms with Crippen LogP contribution in [0.25, 0.3) is 0 Å². The average molecular weight is 263 g/mol. The third-order valence-electron chi connectivity index (χ3n) is 3.11. The molecule has 2 rings (SSSR count). The maximum absolute atomic E-state index is 11.7. The Morgan fingerprint density at radius 2 is 2.22 bits per heavy atom. The van der Waals surface area contributed by atoms with Gasteiger partial charge in [-0.2, -0.15) is 0 Å². The fourth-order valence-corrected chi connectivity index (χ4v) is 2.23. The van der Waals surface area contributed by atoms with Crippen LogP contribution < -0.4 is 5.32 Å². The molecule has 18 heavy (non-hydrogen) atoms. The summed E-state index contributed by atoms with van der Waals surface area (Å²) in [6.45, 7) is 6.40. The molecule has 1 heterocycles. The highest BCUT2D eigenvalue weighted by molar-refractivity contribution is 7.80. The van der Waals surface area contributed by atoms with Crippen LogP contribution in [-0.4, -0.2) is 17.6 Å². The topological polar surface area (TPSA) is 38.3 Å². The van der Waals surface area contributed by atoms with E-state index in [1.54, 1.807) is 13.0 Å². The van der Waals surface area contributed by atoms with Crippen molar-refractivity contribution in [3.8, 4) is 0 Å². The minimum Gasteiger partial charge on any atom is -0.462 e. The number of anilines is 1. The second-order valence-electron chi connectivity index (χ2n) is 5.11. The third kappa shape index (κ3) is 2.38. The summed E-state index contributed by atoms with van der Waals surface area (Å²) in [6.07, 6.45) is 0.835. The van der Waals surface area contributed by atoms with Crippen molar-refractivity contribution in [2.45, 2.75) is 27.2 Å². The van der Waals surface area contributed by atoms with Gasteiger partial charge >= 0.3 is 5.97 Å². The van der Waals surface area contributed by atoms with Crippen molar-refractivity contribution >= 4 is 28.9 Å². The number of benzene rings is 1. The lowest BCUT2D eigenvalue weighted by molar-refractivity contribution is 0.0526. The Morgan fingerprint density at radius 3 is 2.89 bits per heavy atom. The molecule has 0 spiro atoms. The van der Waals surface area contributed by atoms with Gasteiger partial charge < -0.3 is 10.1 Å². The van der Waals surface area contributed by atoms with E-state index in [0.29, 0.717) is 12.2 Å². The molecule has 1 N–H and O–H groups in total. The van der Waals surface area contributed by atoms with Gasteiger partial charge in [-0.3, -0.25) is 0 Å². The van der Waals surface area contributed by atoms with Crippen molar-refractivity contribution in [3.63, 3.8) is 0 Å². The van der Waals surface area contributed by atoms with Gasteiger partial charge in [0, 0.05) is 11.1 Å². The maximum atomic E-state index is 11.7. The summed E-state index contributed by atoms with van der Waals surface area (Å²) in [7, 11) is 0. The van der Waals surface area contributed by atoms with Crippen molar-refractivity contribution in [1.29, 1.82) is 0 Å². The number of nitrogens with one attached hydrogen (secondary N) is 1. The van der Waals surface area contributed by atoms with Gasteiger partial charge in [0.25, 0.3) is 0 Å². The Labute approximate surface area is 113 Å². The third-order valence-corrected chi connectivity index (χ3v) is 3.77. The number of ether oxygens (including phenoxy) is 1. The highest BCUT2D eigenvalue weighted by atomic mass is 32.1. The highest BCUT2D eigenvalue weighted by Gasteiger charge is 2.30. The molecule has 0 saturated carbocycles. The van der Waals surface area contributed by atoms with Crippen LogP contribution >= 0.6 is 12.2 Å². The fraction of sp³-hybridized carbons (Fsp3) is 0.429. The second kappa shape index (κ2) is 4.69. The van der Waals surface area contributed by atoms with E-state index < -0.39 is 0 Å². The van der Waals surface area contributed by atoms with Crippen LogP contribution in [0, 0.1) is 5.41 Å². The Bertz CT molecular complexity index is 509. The lowest BCUT2D eigenvalue weighted by Gasteiger charge is -2.33. The van der Waals surface area contributed by atoms with Gasteiger partial charge in [0.1, 0.15) is 0 Å². The summed E-state index contributed by atoms with van der Waals surface area (Å²) in [5.74, 6) is -0.272. The smallest absolute Gasteiger partial charge is 0.338 e. The molecule has 0 saturated heterocycles. The molecule has 96 valence electrons. The molecule has 0 fully saturated rings. The number of thiocarbonyl (C=S) groups is 1. The van der Waals surface area contributed by atoms with Gasteiger partial charge in [0.15, 0.2) is 0 Å². The van der Waals surface area contributed by atoms with E-state index in [-0.39, 0.29) is 11.4 Å². The van der Waals surface area contributed by atoms with Gasteiger partial charge in [-0.05, 0) is 37.1 Å². The van der Waals surface area contributed by atoms with Gasteiger partial charge in [0.2, 0.25) is 0 Å². The minimum atomic E-state index is -0.272. The minimum absolute atomic E-state index is 0.0738. The second-order valence-corrected chi connectivity index (χ2v) is 5.52. The number of esters is 1. The molecule has 0 aliphatic carbocycles. The van der Waals surface area contributed by atoms with Crippen LogP contribution in [0.15, 0.2) is 18.2 Å². The van der Waals surface area contributed by atoms with E-state index >= 15 is 0 Å². The van der Waals surface area contributed by atoms with Crippen molar-refractivity contribution < 1.29 is 9.53 Å². The van der Waals surface area contributed by atoms with Crippen LogP contribution in [-0.2, 0) is 11.2 Å². The molecule has 1 aliphatic heterocycles. The van der Waals surface area contributed by atoms with Gasteiger partial charge in [-0.1, -0.05) is 26.1 Å². The summed E-state index contributed by atoms with van der Waals surface area (Å²) in [6, 6.07) is 5.55. The number of carbonyl (C=O) groups is 1. The first-order valence-corrected chi connectivity index (χ1v) is 6.46. The number of hydrogen-bond donors (Lipinski definition) is 1. The lowest BCUT2D eigenvalue weighted by atomic mass is 9.81. The van der Waals surface area contributed by atoms with E-state index in [0.717, 1.165) is 22.7 Å². The van der Waals surface area contributed by atoms with Crippen molar-refractivity contribution in [2.75, 3.05) is 11.9 Å². The zero-order valence-electron chi connectivity index (χ0n) is 10.9. The summed E-state index contributed by atoms with van der Waals surface area (Å²) in [5, 5.41) is 3.23. The van der Waals surface area contributed by atoms with E-state index in [2.05, 4.69) is 19.2 Å². The first-order chi connectivity index (χ1) is 8.44. The molecular formula is C14H17NO2S. The lowest BCUT2D eigenvalue weighted by Crippen LogP contribution is -2.35. The van der Waals surface area contributed by atoms with E-state index in [4.69, 9.17) is 17.0 Å². The number of fused-ring (bicyclic) bond motifs is 1. The number of rotatable bonds is 2. The average Bonchev–Trinajstić information content (AvgIpc) is 2.30. The van der Waals surface area contributed by atoms with Crippen molar-refractivity contribution in [1.82, 2.24) is 0 Å². The van der Waals surface area contributed by atoms with Crippen LogP contribution in [0.3, 0.4) is 0 Å². The standard InChI is InChI=1S/C14H17NO2S/c1-4-17-12(16)9-5-6-11-10(7-9)8-14(2,3)13(18)15-11/h5-7H,4,8H2,1-3H3,(H,15,18). The van der Waals surface area contributed by atoms with Gasteiger partial charge in [-0.15, -0.1) is 0 Å². The molecule has 4 heteroatoms. The first kappa shape index (κ1) is 13.0. The largest absolute Gasteiger partial charge is 0.462 e.